The second kappa shape index (κ2) is 7.67. The van der Waals surface area contributed by atoms with E-state index in [4.69, 9.17) is 4.74 Å². The van der Waals surface area contributed by atoms with Crippen LogP contribution in [-0.2, 0) is 4.74 Å². The van der Waals surface area contributed by atoms with Crippen LogP contribution in [0.2, 0.25) is 0 Å². The van der Waals surface area contributed by atoms with Gasteiger partial charge in [0.2, 0.25) is 0 Å². The molecule has 0 saturated heterocycles. The standard InChI is InChI=1S/C16H24N2O3/c1-12-6-8-13(9-7-12)14(19)17-10-5-11-18-15(20)21-16(2,3)4/h6-9H,5,10-11H2,1-4H3,(H,17,19)(H,18,20). The van der Waals surface area contributed by atoms with Gasteiger partial charge in [-0.2, -0.15) is 0 Å². The maximum absolute atomic E-state index is 11.8. The molecule has 0 aliphatic carbocycles. The monoisotopic (exact) mass is 292 g/mol. The third-order valence-corrected chi connectivity index (χ3v) is 2.62. The molecule has 1 rings (SSSR count). The van der Waals surface area contributed by atoms with Crippen molar-refractivity contribution in [1.82, 2.24) is 10.6 Å². The molecule has 0 spiro atoms. The third kappa shape index (κ3) is 7.34. The lowest BCUT2D eigenvalue weighted by Gasteiger charge is -2.19. The van der Waals surface area contributed by atoms with Crippen LogP contribution in [0.25, 0.3) is 0 Å². The number of ether oxygens (including phenoxy) is 1. The van der Waals surface area contributed by atoms with Crippen molar-refractivity contribution in [1.29, 1.82) is 0 Å². The van der Waals surface area contributed by atoms with Gasteiger partial charge in [0.25, 0.3) is 5.91 Å². The Labute approximate surface area is 126 Å². The van der Waals surface area contributed by atoms with Crippen LogP contribution in [0.4, 0.5) is 4.79 Å². The summed E-state index contributed by atoms with van der Waals surface area (Å²) in [7, 11) is 0. The number of alkyl carbamates (subject to hydrolysis) is 1. The summed E-state index contributed by atoms with van der Waals surface area (Å²) in [4.78, 5) is 23.2. The molecule has 1 aromatic rings. The number of hydrogen-bond donors (Lipinski definition) is 2. The van der Waals surface area contributed by atoms with E-state index in [1.54, 1.807) is 12.1 Å². The molecule has 5 heteroatoms. The van der Waals surface area contributed by atoms with E-state index >= 15 is 0 Å². The molecule has 0 bridgehead atoms. The Balaban J connectivity index is 2.18. The van der Waals surface area contributed by atoms with Crippen molar-refractivity contribution in [2.45, 2.75) is 39.7 Å². The van der Waals surface area contributed by atoms with Crippen molar-refractivity contribution in [3.63, 3.8) is 0 Å². The van der Waals surface area contributed by atoms with E-state index < -0.39 is 11.7 Å². The molecule has 2 amide bonds. The van der Waals surface area contributed by atoms with Gasteiger partial charge >= 0.3 is 6.09 Å². The number of aryl methyl sites for hydroxylation is 1. The average Bonchev–Trinajstić information content (AvgIpc) is 2.36. The molecular weight excluding hydrogens is 268 g/mol. The molecule has 0 fully saturated rings. The van der Waals surface area contributed by atoms with Crippen molar-refractivity contribution in [2.75, 3.05) is 13.1 Å². The van der Waals surface area contributed by atoms with E-state index in [2.05, 4.69) is 10.6 Å². The average molecular weight is 292 g/mol. The van der Waals surface area contributed by atoms with E-state index in [9.17, 15) is 9.59 Å². The number of carbonyl (C=O) groups excluding carboxylic acids is 2. The van der Waals surface area contributed by atoms with E-state index in [-0.39, 0.29) is 5.91 Å². The van der Waals surface area contributed by atoms with Crippen LogP contribution in [0.3, 0.4) is 0 Å². The van der Waals surface area contributed by atoms with Gasteiger partial charge in [0.05, 0.1) is 0 Å². The highest BCUT2D eigenvalue weighted by atomic mass is 16.6. The maximum atomic E-state index is 11.8. The molecular formula is C16H24N2O3. The summed E-state index contributed by atoms with van der Waals surface area (Å²) in [5.41, 5.74) is 1.26. The number of hydrogen-bond acceptors (Lipinski definition) is 3. The molecule has 1 aromatic carbocycles. The molecule has 0 aliphatic rings. The molecule has 5 nitrogen and oxygen atoms in total. The first-order valence-corrected chi connectivity index (χ1v) is 7.09. The highest BCUT2D eigenvalue weighted by Gasteiger charge is 2.15. The quantitative estimate of drug-likeness (QED) is 0.820. The predicted molar refractivity (Wildman–Crippen MR) is 82.4 cm³/mol. The minimum Gasteiger partial charge on any atom is -0.444 e. The Morgan fingerprint density at radius 2 is 1.62 bits per heavy atom. The Hall–Kier alpha value is -2.04. The smallest absolute Gasteiger partial charge is 0.407 e. The normalized spacial score (nSPS) is 10.9. The summed E-state index contributed by atoms with van der Waals surface area (Å²) >= 11 is 0. The molecule has 0 atom stereocenters. The molecule has 0 aromatic heterocycles. The first-order chi connectivity index (χ1) is 9.78. The van der Waals surface area contributed by atoms with E-state index in [1.807, 2.05) is 39.8 Å². The van der Waals surface area contributed by atoms with Gasteiger partial charge in [-0.05, 0) is 46.2 Å². The number of carbonyl (C=O) groups is 2. The second-order valence-corrected chi connectivity index (χ2v) is 5.90. The minimum atomic E-state index is -0.496. The molecule has 0 unspecified atom stereocenters. The van der Waals surface area contributed by atoms with E-state index in [1.165, 1.54) is 0 Å². The zero-order chi connectivity index (χ0) is 15.9. The Morgan fingerprint density at radius 3 is 2.19 bits per heavy atom. The van der Waals surface area contributed by atoms with Gasteiger partial charge in [-0.15, -0.1) is 0 Å². The van der Waals surface area contributed by atoms with Crippen molar-refractivity contribution < 1.29 is 14.3 Å². The van der Waals surface area contributed by atoms with Crippen LogP contribution in [-0.4, -0.2) is 30.7 Å². The van der Waals surface area contributed by atoms with Crippen LogP contribution >= 0.6 is 0 Å². The summed E-state index contributed by atoms with van der Waals surface area (Å²) in [5, 5.41) is 5.46. The number of nitrogens with one attached hydrogen (secondary N) is 2. The fourth-order valence-corrected chi connectivity index (χ4v) is 1.60. The van der Waals surface area contributed by atoms with Gasteiger partial charge in [-0.1, -0.05) is 17.7 Å². The van der Waals surface area contributed by atoms with E-state index in [0.29, 0.717) is 25.1 Å². The topological polar surface area (TPSA) is 67.4 Å². The second-order valence-electron chi connectivity index (χ2n) is 5.90. The molecule has 0 saturated carbocycles. The Morgan fingerprint density at radius 1 is 1.05 bits per heavy atom. The lowest BCUT2D eigenvalue weighted by Crippen LogP contribution is -2.34. The number of rotatable bonds is 5. The van der Waals surface area contributed by atoms with Crippen molar-refractivity contribution >= 4 is 12.0 Å². The highest BCUT2D eigenvalue weighted by Crippen LogP contribution is 2.06. The minimum absolute atomic E-state index is 0.104. The van der Waals surface area contributed by atoms with Crippen LogP contribution < -0.4 is 10.6 Å². The van der Waals surface area contributed by atoms with Crippen LogP contribution in [0.1, 0.15) is 43.1 Å². The van der Waals surface area contributed by atoms with Gasteiger partial charge in [0, 0.05) is 18.7 Å². The lowest BCUT2D eigenvalue weighted by atomic mass is 10.1. The van der Waals surface area contributed by atoms with Crippen LogP contribution in [0.5, 0.6) is 0 Å². The summed E-state index contributed by atoms with van der Waals surface area (Å²) in [6, 6.07) is 7.39. The first kappa shape index (κ1) is 17.0. The van der Waals surface area contributed by atoms with Gasteiger partial charge in [-0.25, -0.2) is 4.79 Å². The molecule has 21 heavy (non-hydrogen) atoms. The molecule has 0 aliphatic heterocycles. The zero-order valence-electron chi connectivity index (χ0n) is 13.2. The highest BCUT2D eigenvalue weighted by molar-refractivity contribution is 5.94. The third-order valence-electron chi connectivity index (χ3n) is 2.62. The fraction of sp³-hybridized carbons (Fsp3) is 0.500. The lowest BCUT2D eigenvalue weighted by molar-refractivity contribution is 0.0527. The molecule has 116 valence electrons. The number of amides is 2. The van der Waals surface area contributed by atoms with Crippen molar-refractivity contribution in [3.05, 3.63) is 35.4 Å². The first-order valence-electron chi connectivity index (χ1n) is 7.09. The molecule has 0 radical (unpaired) electrons. The fourth-order valence-electron chi connectivity index (χ4n) is 1.60. The van der Waals surface area contributed by atoms with Crippen molar-refractivity contribution in [2.24, 2.45) is 0 Å². The van der Waals surface area contributed by atoms with Gasteiger partial charge in [0.1, 0.15) is 5.60 Å². The summed E-state index contributed by atoms with van der Waals surface area (Å²) in [6.07, 6.45) is 0.212. The predicted octanol–water partition coefficient (Wildman–Crippen LogP) is 2.64. The van der Waals surface area contributed by atoms with E-state index in [0.717, 1.165) is 5.56 Å². The van der Waals surface area contributed by atoms with Crippen molar-refractivity contribution in [3.8, 4) is 0 Å². The van der Waals surface area contributed by atoms with Gasteiger partial charge in [0.15, 0.2) is 0 Å². The summed E-state index contributed by atoms with van der Waals surface area (Å²) < 4.78 is 5.11. The summed E-state index contributed by atoms with van der Waals surface area (Å²) in [5.74, 6) is -0.104. The van der Waals surface area contributed by atoms with Gasteiger partial charge in [-0.3, -0.25) is 4.79 Å². The zero-order valence-corrected chi connectivity index (χ0v) is 13.2. The largest absolute Gasteiger partial charge is 0.444 e. The van der Waals surface area contributed by atoms with Crippen LogP contribution in [0, 0.1) is 6.92 Å². The maximum Gasteiger partial charge on any atom is 0.407 e. The van der Waals surface area contributed by atoms with Gasteiger partial charge < -0.3 is 15.4 Å². The molecule has 2 N–H and O–H groups in total. The number of benzene rings is 1. The Bertz CT molecular complexity index is 475. The summed E-state index contributed by atoms with van der Waals surface area (Å²) in [6.45, 7) is 8.38. The molecule has 0 heterocycles. The SMILES string of the molecule is Cc1ccc(C(=O)NCCCNC(=O)OC(C)(C)C)cc1. The Kier molecular flexibility index (Phi) is 6.21. The van der Waals surface area contributed by atoms with Crippen LogP contribution in [0.15, 0.2) is 24.3 Å².